The summed E-state index contributed by atoms with van der Waals surface area (Å²) in [6, 6.07) is 21.8. The third-order valence-corrected chi connectivity index (χ3v) is 5.85. The number of aryl methyl sites for hydroxylation is 1. The Morgan fingerprint density at radius 2 is 1.73 bits per heavy atom. The minimum absolute atomic E-state index is 0.185. The van der Waals surface area contributed by atoms with Crippen molar-refractivity contribution < 1.29 is 23.8 Å². The van der Waals surface area contributed by atoms with Gasteiger partial charge < -0.3 is 14.2 Å². The Labute approximate surface area is 218 Å². The van der Waals surface area contributed by atoms with Crippen LogP contribution >= 0.6 is 0 Å². The van der Waals surface area contributed by atoms with E-state index in [-0.39, 0.29) is 18.2 Å². The molecule has 0 saturated heterocycles. The first-order valence-corrected chi connectivity index (χ1v) is 12.2. The number of hydrogen-bond acceptors (Lipinski definition) is 6. The molecule has 0 unspecified atom stereocenters. The molecule has 0 radical (unpaired) electrons. The van der Waals surface area contributed by atoms with Crippen LogP contribution in [0, 0.1) is 11.3 Å². The second kappa shape index (κ2) is 14.3. The second-order valence-corrected chi connectivity index (χ2v) is 8.44. The Kier molecular flexibility index (Phi) is 10.5. The van der Waals surface area contributed by atoms with Crippen LogP contribution in [0.4, 0.5) is 0 Å². The molecule has 3 rings (SSSR count). The average molecular weight is 498 g/mol. The van der Waals surface area contributed by atoms with Crippen molar-refractivity contribution in [3.05, 3.63) is 101 Å². The van der Waals surface area contributed by atoms with Gasteiger partial charge in [0.25, 0.3) is 0 Å². The average Bonchev–Trinajstić information content (AvgIpc) is 2.95. The van der Waals surface area contributed by atoms with Crippen molar-refractivity contribution in [1.82, 2.24) is 0 Å². The number of allylic oxidation sites excluding steroid dienone is 1. The van der Waals surface area contributed by atoms with E-state index in [2.05, 4.69) is 18.2 Å². The summed E-state index contributed by atoms with van der Waals surface area (Å²) in [5.74, 6) is 0.977. The Bertz CT molecular complexity index is 1270. The molecule has 190 valence electrons. The van der Waals surface area contributed by atoms with Gasteiger partial charge in [-0.15, -0.1) is 0 Å². The van der Waals surface area contributed by atoms with E-state index in [0.717, 1.165) is 36.1 Å². The molecule has 0 heterocycles. The molecule has 0 atom stereocenters. The number of hydrogen-bond donors (Lipinski definition) is 0. The molecule has 3 aromatic carbocycles. The van der Waals surface area contributed by atoms with E-state index in [9.17, 15) is 9.59 Å². The number of unbranched alkanes of at least 4 members (excludes halogenated alkanes) is 2. The van der Waals surface area contributed by atoms with Gasteiger partial charge in [0.15, 0.2) is 5.78 Å². The predicted octanol–water partition coefficient (Wildman–Crippen LogP) is 6.17. The lowest BCUT2D eigenvalue weighted by Crippen LogP contribution is -2.07. The molecule has 0 fully saturated rings. The van der Waals surface area contributed by atoms with Gasteiger partial charge in [0.1, 0.15) is 11.5 Å². The molecule has 0 amide bonds. The number of ketones is 1. The molecule has 0 aromatic heterocycles. The highest BCUT2D eigenvalue weighted by Crippen LogP contribution is 2.24. The molecule has 0 spiro atoms. The number of nitrogens with zero attached hydrogens (tertiary/aromatic N) is 1. The number of esters is 1. The molecule has 37 heavy (non-hydrogen) atoms. The van der Waals surface area contributed by atoms with Crippen LogP contribution in [0.5, 0.6) is 11.5 Å². The quantitative estimate of drug-likeness (QED) is 0.160. The minimum Gasteiger partial charge on any atom is -0.497 e. The molecule has 0 bridgehead atoms. The summed E-state index contributed by atoms with van der Waals surface area (Å²) in [7, 11) is 3.00. The van der Waals surface area contributed by atoms with Crippen molar-refractivity contribution in [1.29, 1.82) is 5.26 Å². The third kappa shape index (κ3) is 8.36. The highest BCUT2D eigenvalue weighted by molar-refractivity contribution is 6.09. The molecule has 0 saturated carbocycles. The van der Waals surface area contributed by atoms with Crippen LogP contribution in [0.25, 0.3) is 6.08 Å². The molecule has 0 aliphatic carbocycles. The summed E-state index contributed by atoms with van der Waals surface area (Å²) in [6.45, 7) is 0.527. The fraction of sp³-hybridized carbons (Fsp3) is 0.258. The Morgan fingerprint density at radius 3 is 2.46 bits per heavy atom. The molecule has 6 heteroatoms. The zero-order valence-electron chi connectivity index (χ0n) is 21.2. The van der Waals surface area contributed by atoms with Gasteiger partial charge in [0.05, 0.1) is 32.5 Å². The lowest BCUT2D eigenvalue weighted by molar-refractivity contribution is -0.140. The number of nitriles is 1. The van der Waals surface area contributed by atoms with Crippen molar-refractivity contribution in [2.45, 2.75) is 32.1 Å². The maximum atomic E-state index is 13.0. The van der Waals surface area contributed by atoms with Crippen LogP contribution in [0.3, 0.4) is 0 Å². The fourth-order valence-corrected chi connectivity index (χ4v) is 3.77. The molecule has 0 aliphatic heterocycles. The maximum absolute atomic E-state index is 13.0. The molecule has 6 nitrogen and oxygen atoms in total. The molecule has 0 aliphatic rings. The van der Waals surface area contributed by atoms with E-state index < -0.39 is 0 Å². The molecule has 0 N–H and O–H groups in total. The van der Waals surface area contributed by atoms with Crippen LogP contribution in [0.2, 0.25) is 0 Å². The SMILES string of the molecule is COC(=O)CCc1cc(C(=O)c2cccc(C#N)c2)ccc1OCCCC/C=C/c1ccc(OC)cc1. The van der Waals surface area contributed by atoms with Crippen LogP contribution in [-0.2, 0) is 16.0 Å². The summed E-state index contributed by atoms with van der Waals surface area (Å²) in [5, 5.41) is 9.13. The van der Waals surface area contributed by atoms with Crippen molar-refractivity contribution in [2.75, 3.05) is 20.8 Å². The van der Waals surface area contributed by atoms with Crippen molar-refractivity contribution in [3.63, 3.8) is 0 Å². The van der Waals surface area contributed by atoms with Crippen LogP contribution in [-0.4, -0.2) is 32.6 Å². The predicted molar refractivity (Wildman–Crippen MR) is 143 cm³/mol. The Balaban J connectivity index is 1.59. The second-order valence-electron chi connectivity index (χ2n) is 8.44. The molecule has 3 aromatic rings. The normalized spacial score (nSPS) is 10.6. The first kappa shape index (κ1) is 27.2. The van der Waals surface area contributed by atoms with Gasteiger partial charge in [0.2, 0.25) is 0 Å². The van der Waals surface area contributed by atoms with E-state index in [1.54, 1.807) is 49.6 Å². The number of methoxy groups -OCH3 is 2. The topological polar surface area (TPSA) is 85.6 Å². The molecular formula is C31H31NO5. The monoisotopic (exact) mass is 497 g/mol. The van der Waals surface area contributed by atoms with E-state index in [4.69, 9.17) is 19.5 Å². The highest BCUT2D eigenvalue weighted by atomic mass is 16.5. The lowest BCUT2D eigenvalue weighted by Gasteiger charge is -2.13. The number of carbonyl (C=O) groups excluding carboxylic acids is 2. The lowest BCUT2D eigenvalue weighted by atomic mass is 9.98. The zero-order valence-corrected chi connectivity index (χ0v) is 21.2. The number of benzene rings is 3. The van der Waals surface area contributed by atoms with Crippen molar-refractivity contribution >= 4 is 17.8 Å². The van der Waals surface area contributed by atoms with Gasteiger partial charge in [-0.3, -0.25) is 9.59 Å². The van der Waals surface area contributed by atoms with Crippen molar-refractivity contribution in [2.24, 2.45) is 0 Å². The third-order valence-electron chi connectivity index (χ3n) is 5.85. The van der Waals surface area contributed by atoms with Crippen LogP contribution in [0.1, 0.15) is 58.3 Å². The number of carbonyl (C=O) groups is 2. The van der Waals surface area contributed by atoms with E-state index >= 15 is 0 Å². The van der Waals surface area contributed by atoms with Gasteiger partial charge in [-0.1, -0.05) is 36.4 Å². The summed E-state index contributed by atoms with van der Waals surface area (Å²) in [6.07, 6.45) is 7.58. The van der Waals surface area contributed by atoms with Gasteiger partial charge >= 0.3 is 5.97 Å². The van der Waals surface area contributed by atoms with Gasteiger partial charge in [-0.05, 0) is 79.3 Å². The Morgan fingerprint density at radius 1 is 0.946 bits per heavy atom. The van der Waals surface area contributed by atoms with Crippen LogP contribution in [0.15, 0.2) is 72.8 Å². The summed E-state index contributed by atoms with van der Waals surface area (Å²) < 4.78 is 16.0. The van der Waals surface area contributed by atoms with Crippen LogP contribution < -0.4 is 9.47 Å². The first-order valence-electron chi connectivity index (χ1n) is 12.2. The fourth-order valence-electron chi connectivity index (χ4n) is 3.77. The van der Waals surface area contributed by atoms with Gasteiger partial charge in [-0.2, -0.15) is 5.26 Å². The highest BCUT2D eigenvalue weighted by Gasteiger charge is 2.14. The standard InChI is InChI=1S/C31H31NO5/c1-35-28-15-11-23(12-16-28)8-5-3-4-6-19-37-29-17-13-27(21-25(29)14-18-30(33)36-2)31(34)26-10-7-9-24(20-26)22-32/h5,7-13,15-17,20-21H,3-4,6,14,18-19H2,1-2H3/b8-5+. The largest absolute Gasteiger partial charge is 0.497 e. The first-order chi connectivity index (χ1) is 18.0. The number of ether oxygens (including phenoxy) is 3. The van der Waals surface area contributed by atoms with E-state index in [1.807, 2.05) is 24.3 Å². The zero-order chi connectivity index (χ0) is 26.5. The van der Waals surface area contributed by atoms with Crippen molar-refractivity contribution in [3.8, 4) is 17.6 Å². The Hall–Kier alpha value is -4.37. The summed E-state index contributed by atoms with van der Waals surface area (Å²) in [4.78, 5) is 24.7. The summed E-state index contributed by atoms with van der Waals surface area (Å²) in [5.41, 5.74) is 3.24. The minimum atomic E-state index is -0.326. The van der Waals surface area contributed by atoms with Gasteiger partial charge in [0, 0.05) is 17.5 Å². The summed E-state index contributed by atoms with van der Waals surface area (Å²) >= 11 is 0. The van der Waals surface area contributed by atoms with E-state index in [0.29, 0.717) is 35.5 Å². The maximum Gasteiger partial charge on any atom is 0.305 e. The van der Waals surface area contributed by atoms with E-state index in [1.165, 1.54) is 7.11 Å². The van der Waals surface area contributed by atoms with Gasteiger partial charge in [-0.25, -0.2) is 0 Å². The molecular weight excluding hydrogens is 466 g/mol. The smallest absolute Gasteiger partial charge is 0.305 e. The number of rotatable bonds is 13.